The fraction of sp³-hybridized carbons (Fsp3) is 0.500. The molecule has 1 heterocycles. The number of carbonyl (C=O) groups is 3. The highest BCUT2D eigenvalue weighted by atomic mass is 16.5. The molecule has 2 rings (SSSR count). The van der Waals surface area contributed by atoms with E-state index < -0.39 is 0 Å². The van der Waals surface area contributed by atoms with E-state index >= 15 is 0 Å². The molecule has 12 nitrogen and oxygen atoms in total. The van der Waals surface area contributed by atoms with Crippen LogP contribution in [0.25, 0.3) is 0 Å². The molecule has 4 N–H and O–H groups in total. The average Bonchev–Trinajstić information content (AvgIpc) is 2.85. The lowest BCUT2D eigenvalue weighted by molar-refractivity contribution is 0.0919. The van der Waals surface area contributed by atoms with Gasteiger partial charge in [-0.3, -0.25) is 14.4 Å². The highest BCUT2D eigenvalue weighted by Crippen LogP contribution is 2.14. The molecule has 3 amide bonds. The lowest BCUT2D eigenvalue weighted by atomic mass is 10.0. The molecule has 0 aliphatic heterocycles. The number of rotatable bonds is 12. The van der Waals surface area contributed by atoms with Crippen molar-refractivity contribution >= 4 is 23.7 Å². The Hall–Kier alpha value is -3.96. The maximum Gasteiger partial charge on any atom is 0.324 e. The molecule has 12 heteroatoms. The van der Waals surface area contributed by atoms with E-state index in [1.165, 1.54) is 18.2 Å². The molecule has 0 unspecified atom stereocenters. The van der Waals surface area contributed by atoms with Crippen molar-refractivity contribution in [3.8, 4) is 12.0 Å². The van der Waals surface area contributed by atoms with Gasteiger partial charge in [0.15, 0.2) is 0 Å². The van der Waals surface area contributed by atoms with Crippen LogP contribution in [0.4, 0.5) is 5.95 Å². The van der Waals surface area contributed by atoms with Crippen molar-refractivity contribution in [3.05, 3.63) is 34.9 Å². The first-order chi connectivity index (χ1) is 17.3. The highest BCUT2D eigenvalue weighted by Gasteiger charge is 2.18. The molecule has 0 atom stereocenters. The Morgan fingerprint density at radius 2 is 1.17 bits per heavy atom. The van der Waals surface area contributed by atoms with Crippen LogP contribution < -0.4 is 30.7 Å². The first-order valence-electron chi connectivity index (χ1n) is 12.1. The third-order valence-corrected chi connectivity index (χ3v) is 4.26. The van der Waals surface area contributed by atoms with Gasteiger partial charge in [-0.1, -0.05) is 0 Å². The second-order valence-electron chi connectivity index (χ2n) is 6.96. The van der Waals surface area contributed by atoms with E-state index in [4.69, 9.17) is 9.47 Å². The first kappa shape index (κ1) is 30.1. The normalized spacial score (nSPS) is 9.83. The monoisotopic (exact) mass is 503 g/mol. The van der Waals surface area contributed by atoms with Crippen LogP contribution in [0, 0.1) is 0 Å². The van der Waals surface area contributed by atoms with Gasteiger partial charge in [0.2, 0.25) is 5.95 Å². The fourth-order valence-electron chi connectivity index (χ4n) is 2.81. The molecule has 0 radical (unpaired) electrons. The predicted molar refractivity (Wildman–Crippen MR) is 137 cm³/mol. The lowest BCUT2D eigenvalue weighted by Gasteiger charge is -2.11. The molecular formula is C24H37N7O5. The van der Waals surface area contributed by atoms with E-state index in [2.05, 4.69) is 36.2 Å². The van der Waals surface area contributed by atoms with Gasteiger partial charge in [-0.25, -0.2) is 0 Å². The number of nitrogens with one attached hydrogen (secondary N) is 4. The molecule has 0 spiro atoms. The molecule has 0 aliphatic carbocycles. The maximum absolute atomic E-state index is 12.1. The van der Waals surface area contributed by atoms with E-state index in [1.807, 2.05) is 27.7 Å². The second-order valence-corrected chi connectivity index (χ2v) is 6.96. The summed E-state index contributed by atoms with van der Waals surface area (Å²) in [5, 5.41) is 10.9. The van der Waals surface area contributed by atoms with Crippen LogP contribution in [0.5, 0.6) is 12.0 Å². The molecule has 1 aromatic heterocycles. The second kappa shape index (κ2) is 16.6. The van der Waals surface area contributed by atoms with E-state index in [1.54, 1.807) is 13.8 Å². The van der Waals surface area contributed by atoms with E-state index in [0.29, 0.717) is 44.4 Å². The SMILES string of the molecule is CCNC(=O)c1ccc(C(=O)NCC)c(C(=O)NCC)c1.CCNc1nc(OCC)nc(OCC)n1. The minimum Gasteiger partial charge on any atom is -0.464 e. The number of amides is 3. The summed E-state index contributed by atoms with van der Waals surface area (Å²) in [6, 6.07) is 5.05. The average molecular weight is 504 g/mol. The summed E-state index contributed by atoms with van der Waals surface area (Å²) in [4.78, 5) is 48.0. The quantitative estimate of drug-likeness (QED) is 0.340. The Morgan fingerprint density at radius 3 is 1.64 bits per heavy atom. The van der Waals surface area contributed by atoms with Crippen molar-refractivity contribution in [2.45, 2.75) is 41.5 Å². The number of hydrogen-bond acceptors (Lipinski definition) is 9. The number of aromatic nitrogens is 3. The topological polar surface area (TPSA) is 156 Å². The number of hydrogen-bond donors (Lipinski definition) is 4. The molecule has 0 bridgehead atoms. The Kier molecular flexibility index (Phi) is 13.9. The number of anilines is 1. The molecule has 1 aromatic carbocycles. The third-order valence-electron chi connectivity index (χ3n) is 4.26. The lowest BCUT2D eigenvalue weighted by Crippen LogP contribution is -2.30. The van der Waals surface area contributed by atoms with Crippen molar-refractivity contribution in [2.24, 2.45) is 0 Å². The van der Waals surface area contributed by atoms with Crippen LogP contribution in [0.2, 0.25) is 0 Å². The minimum absolute atomic E-state index is 0.201. The van der Waals surface area contributed by atoms with Crippen LogP contribution in [0.15, 0.2) is 18.2 Å². The van der Waals surface area contributed by atoms with Gasteiger partial charge in [0.25, 0.3) is 17.7 Å². The Labute approximate surface area is 212 Å². The van der Waals surface area contributed by atoms with Crippen LogP contribution in [-0.4, -0.2) is 72.1 Å². The fourth-order valence-corrected chi connectivity index (χ4v) is 2.81. The van der Waals surface area contributed by atoms with E-state index in [9.17, 15) is 14.4 Å². The molecule has 198 valence electrons. The molecule has 0 fully saturated rings. The zero-order valence-corrected chi connectivity index (χ0v) is 21.9. The number of nitrogens with zero attached hydrogens (tertiary/aromatic N) is 3. The predicted octanol–water partition coefficient (Wildman–Crippen LogP) is 2.04. The summed E-state index contributed by atoms with van der Waals surface area (Å²) in [6.07, 6.45) is 0. The molecule has 0 saturated carbocycles. The van der Waals surface area contributed by atoms with E-state index in [-0.39, 0.29) is 40.9 Å². The molecular weight excluding hydrogens is 466 g/mol. The van der Waals surface area contributed by atoms with E-state index in [0.717, 1.165) is 6.54 Å². The largest absolute Gasteiger partial charge is 0.464 e. The van der Waals surface area contributed by atoms with Gasteiger partial charge in [0, 0.05) is 31.7 Å². The minimum atomic E-state index is -0.370. The van der Waals surface area contributed by atoms with Gasteiger partial charge < -0.3 is 30.7 Å². The van der Waals surface area contributed by atoms with Gasteiger partial charge in [-0.05, 0) is 59.7 Å². The van der Waals surface area contributed by atoms with Crippen molar-refractivity contribution in [1.29, 1.82) is 0 Å². The van der Waals surface area contributed by atoms with Gasteiger partial charge in [-0.15, -0.1) is 4.98 Å². The summed E-state index contributed by atoms with van der Waals surface area (Å²) < 4.78 is 10.4. The van der Waals surface area contributed by atoms with Crippen molar-refractivity contribution < 1.29 is 23.9 Å². The standard InChI is InChI=1S/C15H21N3O3.C9H16N4O2/c1-4-16-13(19)10-7-8-11(14(20)17-5-2)12(9-10)15(21)18-6-3;1-4-10-7-11-8(14-5-2)13-9(12-7)15-6-3/h7-9H,4-6H2,1-3H3,(H,16,19)(H,17,20)(H,18,21);4-6H2,1-3H3,(H,10,11,12,13). The summed E-state index contributed by atoms with van der Waals surface area (Å²) in [5.74, 6) is -0.504. The maximum atomic E-state index is 12.1. The molecule has 0 saturated heterocycles. The summed E-state index contributed by atoms with van der Waals surface area (Å²) in [6.45, 7) is 14.3. The van der Waals surface area contributed by atoms with Gasteiger partial charge in [0.1, 0.15) is 0 Å². The summed E-state index contributed by atoms with van der Waals surface area (Å²) in [7, 11) is 0. The van der Waals surface area contributed by atoms with Crippen LogP contribution in [0.1, 0.15) is 72.6 Å². The van der Waals surface area contributed by atoms with Crippen molar-refractivity contribution in [1.82, 2.24) is 30.9 Å². The number of benzene rings is 1. The summed E-state index contributed by atoms with van der Waals surface area (Å²) >= 11 is 0. The van der Waals surface area contributed by atoms with Crippen molar-refractivity contribution in [3.63, 3.8) is 0 Å². The van der Waals surface area contributed by atoms with Crippen LogP contribution >= 0.6 is 0 Å². The third kappa shape index (κ3) is 9.72. The van der Waals surface area contributed by atoms with Crippen LogP contribution in [-0.2, 0) is 0 Å². The number of carbonyl (C=O) groups excluding carboxylic acids is 3. The smallest absolute Gasteiger partial charge is 0.324 e. The molecule has 0 aliphatic rings. The number of ether oxygens (including phenoxy) is 2. The Balaban J connectivity index is 0.000000381. The van der Waals surface area contributed by atoms with Gasteiger partial charge in [0.05, 0.1) is 24.3 Å². The Bertz CT molecular complexity index is 941. The molecule has 36 heavy (non-hydrogen) atoms. The molecule has 2 aromatic rings. The van der Waals surface area contributed by atoms with Crippen LogP contribution in [0.3, 0.4) is 0 Å². The zero-order chi connectivity index (χ0) is 26.9. The first-order valence-corrected chi connectivity index (χ1v) is 12.1. The zero-order valence-electron chi connectivity index (χ0n) is 21.9. The van der Waals surface area contributed by atoms with Gasteiger partial charge >= 0.3 is 12.0 Å². The Morgan fingerprint density at radius 1 is 0.667 bits per heavy atom. The van der Waals surface area contributed by atoms with Crippen molar-refractivity contribution in [2.75, 3.05) is 44.7 Å². The summed E-state index contributed by atoms with van der Waals surface area (Å²) in [5.41, 5.74) is 0.813. The van der Waals surface area contributed by atoms with Gasteiger partial charge in [-0.2, -0.15) is 9.97 Å². The highest BCUT2D eigenvalue weighted by molar-refractivity contribution is 6.09.